The summed E-state index contributed by atoms with van der Waals surface area (Å²) in [5.41, 5.74) is 0.593. The number of carbonyl (C=O) groups is 1. The number of para-hydroxylation sites is 1. The Morgan fingerprint density at radius 2 is 2.03 bits per heavy atom. The number of aromatic amines is 1. The van der Waals surface area contributed by atoms with Crippen molar-refractivity contribution in [2.45, 2.75) is 63.8 Å². The van der Waals surface area contributed by atoms with Gasteiger partial charge in [0.25, 0.3) is 5.56 Å². The van der Waals surface area contributed by atoms with Crippen molar-refractivity contribution >= 4 is 16.8 Å². The summed E-state index contributed by atoms with van der Waals surface area (Å²) in [4.78, 5) is 37.7. The number of hydrogen-bond acceptors (Lipinski definition) is 5. The molecule has 7 heteroatoms. The van der Waals surface area contributed by atoms with E-state index < -0.39 is 0 Å². The fourth-order valence-electron chi connectivity index (χ4n) is 5.61. The second-order valence-corrected chi connectivity index (χ2v) is 9.57. The largest absolute Gasteiger partial charge is 0.385 e. The number of H-pyrrole nitrogens is 1. The van der Waals surface area contributed by atoms with Crippen LogP contribution in [0.2, 0.25) is 0 Å². The topological polar surface area (TPSA) is 78.5 Å². The van der Waals surface area contributed by atoms with Crippen molar-refractivity contribution in [3.05, 3.63) is 40.4 Å². The minimum absolute atomic E-state index is 0.113. The van der Waals surface area contributed by atoms with Crippen LogP contribution in [0.5, 0.6) is 0 Å². The van der Waals surface area contributed by atoms with Gasteiger partial charge in [0.2, 0.25) is 5.91 Å². The highest BCUT2D eigenvalue weighted by Gasteiger charge is 2.34. The molecule has 2 aromatic rings. The zero-order valence-electron chi connectivity index (χ0n) is 19.9. The van der Waals surface area contributed by atoms with Gasteiger partial charge in [-0.25, -0.2) is 4.98 Å². The van der Waals surface area contributed by atoms with Crippen LogP contribution in [0.25, 0.3) is 10.9 Å². The van der Waals surface area contributed by atoms with Crippen molar-refractivity contribution in [3.63, 3.8) is 0 Å². The van der Waals surface area contributed by atoms with Gasteiger partial charge in [0, 0.05) is 45.7 Å². The van der Waals surface area contributed by atoms with Crippen LogP contribution in [0, 0.1) is 5.92 Å². The molecule has 7 nitrogen and oxygen atoms in total. The van der Waals surface area contributed by atoms with Crippen LogP contribution in [-0.4, -0.2) is 71.6 Å². The Labute approximate surface area is 196 Å². The van der Waals surface area contributed by atoms with E-state index in [2.05, 4.69) is 19.8 Å². The number of amides is 1. The molecular weight excluding hydrogens is 416 g/mol. The van der Waals surface area contributed by atoms with E-state index in [1.54, 1.807) is 13.2 Å². The van der Waals surface area contributed by atoms with E-state index in [-0.39, 0.29) is 11.5 Å². The first kappa shape index (κ1) is 23.9. The highest BCUT2D eigenvalue weighted by molar-refractivity contribution is 5.77. The van der Waals surface area contributed by atoms with E-state index in [1.807, 2.05) is 18.2 Å². The highest BCUT2D eigenvalue weighted by Crippen LogP contribution is 2.31. The van der Waals surface area contributed by atoms with Crippen LogP contribution >= 0.6 is 0 Å². The van der Waals surface area contributed by atoms with E-state index in [0.717, 1.165) is 19.5 Å². The maximum absolute atomic E-state index is 13.2. The zero-order valence-corrected chi connectivity index (χ0v) is 19.9. The van der Waals surface area contributed by atoms with Gasteiger partial charge in [-0.3, -0.25) is 9.59 Å². The summed E-state index contributed by atoms with van der Waals surface area (Å²) in [5, 5.41) is 0.603. The lowest BCUT2D eigenvalue weighted by atomic mass is 9.83. The van der Waals surface area contributed by atoms with Crippen molar-refractivity contribution in [2.24, 2.45) is 5.92 Å². The Kier molecular flexibility index (Phi) is 8.51. The lowest BCUT2D eigenvalue weighted by Crippen LogP contribution is -2.51. The summed E-state index contributed by atoms with van der Waals surface area (Å²) >= 11 is 0. The molecule has 1 aromatic heterocycles. The van der Waals surface area contributed by atoms with Crippen LogP contribution in [0.3, 0.4) is 0 Å². The van der Waals surface area contributed by atoms with Crippen molar-refractivity contribution in [1.82, 2.24) is 19.8 Å². The van der Waals surface area contributed by atoms with E-state index in [0.29, 0.717) is 54.6 Å². The molecule has 2 unspecified atom stereocenters. The summed E-state index contributed by atoms with van der Waals surface area (Å²) in [6, 6.07) is 8.01. The van der Waals surface area contributed by atoms with Gasteiger partial charge >= 0.3 is 0 Å². The fraction of sp³-hybridized carbons (Fsp3) is 0.654. The quantitative estimate of drug-likeness (QED) is 0.557. The molecule has 1 N–H and O–H groups in total. The third-order valence-corrected chi connectivity index (χ3v) is 7.28. The zero-order chi connectivity index (χ0) is 23.0. The SMILES string of the molecule is COCCCN(CC1CCCN2CCCCC12)C(=O)CCCc1nc2ccccc2c(=O)[nH]1. The first-order valence-corrected chi connectivity index (χ1v) is 12.6. The molecule has 1 aromatic carbocycles. The molecule has 180 valence electrons. The molecule has 0 bridgehead atoms. The smallest absolute Gasteiger partial charge is 0.258 e. The predicted octanol–water partition coefficient (Wildman–Crippen LogP) is 3.38. The number of nitrogens with one attached hydrogen (secondary N) is 1. The third kappa shape index (κ3) is 6.21. The molecular formula is C26H38N4O3. The standard InChI is InChI=1S/C26H38N4O3/c1-33-18-8-17-30(19-20-9-7-16-29-15-5-4-12-23(20)29)25(31)14-6-13-24-27-22-11-3-2-10-21(22)26(32)28-24/h2-3,10-11,20,23H,4-9,12-19H2,1H3,(H,27,28,32). The number of rotatable bonds is 10. The molecule has 3 heterocycles. The minimum atomic E-state index is -0.113. The highest BCUT2D eigenvalue weighted by atomic mass is 16.5. The molecule has 0 radical (unpaired) electrons. The normalized spacial score (nSPS) is 21.1. The lowest BCUT2D eigenvalue weighted by molar-refractivity contribution is -0.133. The van der Waals surface area contributed by atoms with Gasteiger partial charge in [0.15, 0.2) is 0 Å². The molecule has 2 aliphatic heterocycles. The summed E-state index contributed by atoms with van der Waals surface area (Å²) in [6.07, 6.45) is 8.97. The molecule has 2 fully saturated rings. The molecule has 0 saturated carbocycles. The predicted molar refractivity (Wildman–Crippen MR) is 130 cm³/mol. The van der Waals surface area contributed by atoms with Crippen LogP contribution in [0.15, 0.2) is 29.1 Å². The van der Waals surface area contributed by atoms with Gasteiger partial charge in [0.1, 0.15) is 5.82 Å². The maximum atomic E-state index is 13.2. The second-order valence-electron chi connectivity index (χ2n) is 9.57. The van der Waals surface area contributed by atoms with Crippen LogP contribution < -0.4 is 5.56 Å². The van der Waals surface area contributed by atoms with E-state index >= 15 is 0 Å². The summed E-state index contributed by atoms with van der Waals surface area (Å²) < 4.78 is 5.24. The number of piperidine rings is 2. The summed E-state index contributed by atoms with van der Waals surface area (Å²) in [6.45, 7) is 4.72. The average molecular weight is 455 g/mol. The van der Waals surface area contributed by atoms with E-state index in [9.17, 15) is 9.59 Å². The molecule has 4 rings (SSSR count). The Morgan fingerprint density at radius 3 is 2.91 bits per heavy atom. The number of carbonyl (C=O) groups excluding carboxylic acids is 1. The van der Waals surface area contributed by atoms with Crippen LogP contribution in [-0.2, 0) is 16.0 Å². The molecule has 0 aliphatic carbocycles. The van der Waals surface area contributed by atoms with Gasteiger partial charge in [-0.1, -0.05) is 18.6 Å². The van der Waals surface area contributed by atoms with Gasteiger partial charge in [-0.15, -0.1) is 0 Å². The van der Waals surface area contributed by atoms with Crippen molar-refractivity contribution in [3.8, 4) is 0 Å². The average Bonchev–Trinajstić information content (AvgIpc) is 2.83. The Morgan fingerprint density at radius 1 is 1.18 bits per heavy atom. The monoisotopic (exact) mass is 454 g/mol. The number of benzene rings is 1. The molecule has 2 aliphatic rings. The number of aryl methyl sites for hydroxylation is 1. The van der Waals surface area contributed by atoms with Gasteiger partial charge in [0.05, 0.1) is 10.9 Å². The van der Waals surface area contributed by atoms with E-state index in [1.165, 1.54) is 45.2 Å². The van der Waals surface area contributed by atoms with Crippen molar-refractivity contribution in [2.75, 3.05) is 39.9 Å². The van der Waals surface area contributed by atoms with Crippen LogP contribution in [0.1, 0.15) is 57.2 Å². The van der Waals surface area contributed by atoms with Crippen molar-refractivity contribution < 1.29 is 9.53 Å². The summed E-state index contributed by atoms with van der Waals surface area (Å²) in [7, 11) is 1.71. The maximum Gasteiger partial charge on any atom is 0.258 e. The Hall–Kier alpha value is -2.25. The van der Waals surface area contributed by atoms with Crippen molar-refractivity contribution in [1.29, 1.82) is 0 Å². The first-order chi connectivity index (χ1) is 16.2. The Bertz CT molecular complexity index is 973. The molecule has 2 atom stereocenters. The number of fused-ring (bicyclic) bond motifs is 2. The number of ether oxygens (including phenoxy) is 1. The fourth-order valence-corrected chi connectivity index (χ4v) is 5.61. The molecule has 1 amide bonds. The molecule has 0 spiro atoms. The molecule has 33 heavy (non-hydrogen) atoms. The van der Waals surface area contributed by atoms with E-state index in [4.69, 9.17) is 4.74 Å². The number of hydrogen-bond donors (Lipinski definition) is 1. The lowest BCUT2D eigenvalue weighted by Gasteiger charge is -2.45. The Balaban J connectivity index is 1.35. The van der Waals surface area contributed by atoms with Gasteiger partial charge < -0.3 is 19.5 Å². The second kappa shape index (κ2) is 11.7. The van der Waals surface area contributed by atoms with Gasteiger partial charge in [-0.05, 0) is 69.7 Å². The number of nitrogens with zero attached hydrogens (tertiary/aromatic N) is 3. The number of aromatic nitrogens is 2. The first-order valence-electron chi connectivity index (χ1n) is 12.6. The third-order valence-electron chi connectivity index (χ3n) is 7.28. The minimum Gasteiger partial charge on any atom is -0.385 e. The number of methoxy groups -OCH3 is 1. The van der Waals surface area contributed by atoms with Gasteiger partial charge in [-0.2, -0.15) is 0 Å². The van der Waals surface area contributed by atoms with Crippen LogP contribution in [0.4, 0.5) is 0 Å². The molecule has 2 saturated heterocycles. The summed E-state index contributed by atoms with van der Waals surface area (Å²) in [5.74, 6) is 1.44.